The summed E-state index contributed by atoms with van der Waals surface area (Å²) in [7, 11) is 4.35. The number of carbonyl (C=O) groups is 1. The Morgan fingerprint density at radius 1 is 1.19 bits per heavy atom. The minimum absolute atomic E-state index is 0.0658. The summed E-state index contributed by atoms with van der Waals surface area (Å²) in [4.78, 5) is 20.7. The molecular formula is C18H22N3O6+. The van der Waals surface area contributed by atoms with E-state index in [1.54, 1.807) is 32.0 Å². The number of hydrogen-bond acceptors (Lipinski definition) is 8. The monoisotopic (exact) mass is 376 g/mol. The van der Waals surface area contributed by atoms with Gasteiger partial charge in [0.25, 0.3) is 0 Å². The van der Waals surface area contributed by atoms with Gasteiger partial charge in [-0.15, -0.1) is 0 Å². The van der Waals surface area contributed by atoms with Crippen LogP contribution >= 0.6 is 0 Å². The van der Waals surface area contributed by atoms with Crippen molar-refractivity contribution in [2.45, 2.75) is 13.8 Å². The van der Waals surface area contributed by atoms with Crippen LogP contribution in [0.2, 0.25) is 0 Å². The summed E-state index contributed by atoms with van der Waals surface area (Å²) in [6.07, 6.45) is 0. The van der Waals surface area contributed by atoms with Crippen molar-refractivity contribution >= 4 is 11.7 Å². The first-order valence-corrected chi connectivity index (χ1v) is 8.12. The molecule has 1 aromatic carbocycles. The van der Waals surface area contributed by atoms with Crippen molar-refractivity contribution in [3.63, 3.8) is 0 Å². The lowest BCUT2D eigenvalue weighted by molar-refractivity contribution is -0.754. The first kappa shape index (κ1) is 20.0. The lowest BCUT2D eigenvalue weighted by Crippen LogP contribution is -2.18. The molecule has 0 saturated heterocycles. The predicted octanol–water partition coefficient (Wildman–Crippen LogP) is 2.30. The molecule has 0 saturated carbocycles. The number of methoxy groups -OCH3 is 2. The minimum atomic E-state index is -0.598. The predicted molar refractivity (Wildman–Crippen MR) is 95.4 cm³/mol. The third-order valence-electron chi connectivity index (χ3n) is 3.66. The number of carbonyl (C=O) groups excluding carboxylic acids is 1. The van der Waals surface area contributed by atoms with Crippen molar-refractivity contribution in [3.05, 3.63) is 35.4 Å². The Morgan fingerprint density at radius 2 is 1.81 bits per heavy atom. The summed E-state index contributed by atoms with van der Waals surface area (Å²) < 4.78 is 22.0. The van der Waals surface area contributed by atoms with Crippen molar-refractivity contribution in [2.75, 3.05) is 27.9 Å². The molecule has 1 aromatic heterocycles. The maximum absolute atomic E-state index is 12.5. The van der Waals surface area contributed by atoms with E-state index in [-0.39, 0.29) is 35.7 Å². The fraction of sp³-hybridized carbons (Fsp3) is 0.333. The highest BCUT2D eigenvalue weighted by atomic mass is 16.5. The molecule has 0 spiro atoms. The topological polar surface area (TPSA) is 103 Å². The number of benzene rings is 1. The van der Waals surface area contributed by atoms with Crippen molar-refractivity contribution in [1.29, 1.82) is 0 Å². The number of hydrogen-bond donors (Lipinski definition) is 1. The van der Waals surface area contributed by atoms with Crippen LogP contribution in [-0.4, -0.2) is 59.5 Å². The largest absolute Gasteiger partial charge is 0.481 e. The van der Waals surface area contributed by atoms with Crippen LogP contribution in [-0.2, 0) is 4.74 Å². The van der Waals surface area contributed by atoms with Gasteiger partial charge in [-0.2, -0.15) is 9.97 Å². The highest BCUT2D eigenvalue weighted by Gasteiger charge is 2.25. The van der Waals surface area contributed by atoms with Crippen molar-refractivity contribution in [3.8, 4) is 23.5 Å². The zero-order valence-corrected chi connectivity index (χ0v) is 15.8. The van der Waals surface area contributed by atoms with Gasteiger partial charge >= 0.3 is 12.0 Å². The molecule has 144 valence electrons. The average Bonchev–Trinajstić information content (AvgIpc) is 2.66. The van der Waals surface area contributed by atoms with Crippen LogP contribution in [0.3, 0.4) is 0 Å². The van der Waals surface area contributed by atoms with Gasteiger partial charge in [0.2, 0.25) is 17.5 Å². The van der Waals surface area contributed by atoms with Crippen molar-refractivity contribution in [2.24, 2.45) is 0 Å². The average molecular weight is 376 g/mol. The Hall–Kier alpha value is -3.36. The summed E-state index contributed by atoms with van der Waals surface area (Å²) in [5.74, 6) is 0.0497. The van der Waals surface area contributed by atoms with Gasteiger partial charge in [-0.05, 0) is 23.8 Å². The first-order valence-electron chi connectivity index (χ1n) is 8.12. The molecule has 0 aliphatic heterocycles. The smallest absolute Gasteiger partial charge is 0.342 e. The molecule has 0 aliphatic rings. The molecule has 2 aromatic rings. The number of ether oxygens (including phenoxy) is 4. The van der Waals surface area contributed by atoms with Gasteiger partial charge in [0.1, 0.15) is 11.3 Å². The Balaban J connectivity index is 2.58. The van der Waals surface area contributed by atoms with Gasteiger partial charge in [-0.3, -0.25) is 5.21 Å². The number of hydroxylamine groups is 1. The lowest BCUT2D eigenvalue weighted by atomic mass is 10.0. The molecule has 0 unspecified atom stereocenters. The SMILES string of the molecule is CCOC(=O)c1c(Oc2nc(OC)cc(OC)n2)cccc1C(C)=[N+](C)O. The van der Waals surface area contributed by atoms with Crippen LogP contribution in [0.25, 0.3) is 0 Å². The molecule has 27 heavy (non-hydrogen) atoms. The van der Waals surface area contributed by atoms with Crippen molar-refractivity contribution in [1.82, 2.24) is 9.97 Å². The maximum Gasteiger partial charge on any atom is 0.342 e. The lowest BCUT2D eigenvalue weighted by Gasteiger charge is -2.13. The fourth-order valence-corrected chi connectivity index (χ4v) is 2.24. The molecule has 0 fully saturated rings. The Bertz CT molecular complexity index is 840. The van der Waals surface area contributed by atoms with Crippen LogP contribution in [0.5, 0.6) is 23.5 Å². The molecule has 0 atom stereocenters. The second kappa shape index (κ2) is 8.84. The summed E-state index contributed by atoms with van der Waals surface area (Å²) in [6.45, 7) is 3.54. The Morgan fingerprint density at radius 3 is 2.33 bits per heavy atom. The fourth-order valence-electron chi connectivity index (χ4n) is 2.24. The van der Waals surface area contributed by atoms with E-state index in [1.165, 1.54) is 27.3 Å². The summed E-state index contributed by atoms with van der Waals surface area (Å²) in [5, 5.41) is 9.77. The molecule has 0 amide bonds. The van der Waals surface area contributed by atoms with Crippen LogP contribution < -0.4 is 14.2 Å². The normalized spacial score (nSPS) is 11.4. The quantitative estimate of drug-likeness (QED) is 0.258. The Kier molecular flexibility index (Phi) is 6.53. The first-order chi connectivity index (χ1) is 12.9. The van der Waals surface area contributed by atoms with Crippen LogP contribution in [0.4, 0.5) is 0 Å². The molecule has 0 radical (unpaired) electrons. The van der Waals surface area contributed by atoms with Gasteiger partial charge in [-0.1, -0.05) is 6.07 Å². The molecule has 2 rings (SSSR count). The van der Waals surface area contributed by atoms with Gasteiger partial charge in [-0.25, -0.2) is 4.79 Å². The number of nitrogens with zero attached hydrogens (tertiary/aromatic N) is 3. The second-order valence-corrected chi connectivity index (χ2v) is 5.35. The highest BCUT2D eigenvalue weighted by Crippen LogP contribution is 2.29. The summed E-state index contributed by atoms with van der Waals surface area (Å²) in [6, 6.07) is 6.36. The maximum atomic E-state index is 12.5. The molecule has 9 heteroatoms. The third kappa shape index (κ3) is 4.63. The molecule has 1 N–H and O–H groups in total. The highest BCUT2D eigenvalue weighted by molar-refractivity contribution is 6.07. The molecule has 0 aliphatic carbocycles. The third-order valence-corrected chi connectivity index (χ3v) is 3.66. The van der Waals surface area contributed by atoms with Crippen LogP contribution in [0, 0.1) is 0 Å². The minimum Gasteiger partial charge on any atom is -0.481 e. The van der Waals surface area contributed by atoms with Crippen LogP contribution in [0.1, 0.15) is 29.8 Å². The van der Waals surface area contributed by atoms with Gasteiger partial charge in [0.15, 0.2) is 7.05 Å². The molecule has 0 bridgehead atoms. The second-order valence-electron chi connectivity index (χ2n) is 5.35. The van der Waals surface area contributed by atoms with Crippen LogP contribution in [0.15, 0.2) is 24.3 Å². The Labute approximate surface area is 156 Å². The summed E-state index contributed by atoms with van der Waals surface area (Å²) in [5.41, 5.74) is 1.03. The van der Waals surface area contributed by atoms with Gasteiger partial charge in [0, 0.05) is 6.92 Å². The van der Waals surface area contributed by atoms with E-state index in [2.05, 4.69) is 9.97 Å². The summed E-state index contributed by atoms with van der Waals surface area (Å²) >= 11 is 0. The zero-order valence-electron chi connectivity index (χ0n) is 15.8. The van der Waals surface area contributed by atoms with E-state index in [4.69, 9.17) is 18.9 Å². The van der Waals surface area contributed by atoms with E-state index < -0.39 is 5.97 Å². The number of aromatic nitrogens is 2. The van der Waals surface area contributed by atoms with E-state index in [1.807, 2.05) is 0 Å². The standard InChI is InChI=1S/C18H22N3O6/c1-6-26-17(22)16-12(11(2)21(3)23)8-7-9-13(16)27-18-19-14(24-4)10-15(20-18)25-5/h7-10,23H,6H2,1-5H3/q+1. The van der Waals surface area contributed by atoms with Gasteiger partial charge in [0.05, 0.1) is 32.5 Å². The van der Waals surface area contributed by atoms with E-state index in [0.29, 0.717) is 11.3 Å². The molecule has 1 heterocycles. The van der Waals surface area contributed by atoms with E-state index in [9.17, 15) is 10.0 Å². The number of esters is 1. The van der Waals surface area contributed by atoms with E-state index in [0.717, 1.165) is 4.74 Å². The van der Waals surface area contributed by atoms with Crippen molar-refractivity contribution < 1.29 is 33.7 Å². The molecular weight excluding hydrogens is 354 g/mol. The molecule has 9 nitrogen and oxygen atoms in total. The van der Waals surface area contributed by atoms with Gasteiger partial charge < -0.3 is 18.9 Å². The van der Waals surface area contributed by atoms with E-state index >= 15 is 0 Å². The zero-order chi connectivity index (χ0) is 20.0. The number of rotatable bonds is 7.